The monoisotopic (exact) mass is 637 g/mol. The molecule has 0 aliphatic carbocycles. The van der Waals surface area contributed by atoms with Gasteiger partial charge in [0.15, 0.2) is 33.9 Å². The number of hydrogen-bond donors (Lipinski definition) is 2. The maximum Gasteiger partial charge on any atom is 0.257 e. The Morgan fingerprint density at radius 3 is 2.12 bits per heavy atom. The summed E-state index contributed by atoms with van der Waals surface area (Å²) in [6.07, 6.45) is -0.707. The number of nitrogens with zero attached hydrogens (tertiary/aromatic N) is 2. The summed E-state index contributed by atoms with van der Waals surface area (Å²) in [5.41, 5.74) is 1.29. The van der Waals surface area contributed by atoms with E-state index in [1.807, 2.05) is 31.2 Å². The second-order valence-electron chi connectivity index (χ2n) is 9.62. The molecule has 43 heavy (non-hydrogen) atoms. The number of carbonyl (C=O) groups excluding carboxylic acids is 1. The number of aromatic nitrogens is 2. The number of nitrogens with one attached hydrogen (secondary N) is 1. The van der Waals surface area contributed by atoms with Gasteiger partial charge in [0.25, 0.3) is 5.91 Å². The second kappa shape index (κ2) is 13.5. The maximum atomic E-state index is 14.0. The molecule has 7 nitrogen and oxygen atoms in total. The van der Waals surface area contributed by atoms with Gasteiger partial charge >= 0.3 is 0 Å². The highest BCUT2D eigenvalue weighted by Crippen LogP contribution is 2.39. The molecule has 0 unspecified atom stereocenters. The number of amides is 1. The van der Waals surface area contributed by atoms with Crippen LogP contribution in [-0.2, 0) is 22.6 Å². The Bertz CT molecular complexity index is 1580. The van der Waals surface area contributed by atoms with E-state index in [2.05, 4.69) is 15.5 Å². The quantitative estimate of drug-likeness (QED) is 0.0963. The Morgan fingerprint density at radius 1 is 0.907 bits per heavy atom. The van der Waals surface area contributed by atoms with Crippen LogP contribution in [0.5, 0.6) is 0 Å². The number of aliphatic hydroxyl groups excluding tert-OH is 1. The molecule has 2 heterocycles. The predicted molar refractivity (Wildman–Crippen MR) is 148 cm³/mol. The van der Waals surface area contributed by atoms with Gasteiger partial charge in [0.05, 0.1) is 18.8 Å². The highest BCUT2D eigenvalue weighted by Gasteiger charge is 2.33. The molecule has 1 saturated heterocycles. The predicted octanol–water partition coefficient (Wildman–Crippen LogP) is 6.30. The Morgan fingerprint density at radius 2 is 1.51 bits per heavy atom. The van der Waals surface area contributed by atoms with Crippen LogP contribution in [0, 0.1) is 36.0 Å². The molecule has 0 bridgehead atoms. The van der Waals surface area contributed by atoms with Gasteiger partial charge in [-0.1, -0.05) is 71.6 Å². The zero-order valence-corrected chi connectivity index (χ0v) is 24.1. The number of ether oxygens (including phenoxy) is 2. The van der Waals surface area contributed by atoms with Crippen molar-refractivity contribution in [3.05, 3.63) is 110 Å². The van der Waals surface area contributed by atoms with E-state index < -0.39 is 46.8 Å². The van der Waals surface area contributed by atoms with Crippen molar-refractivity contribution < 1.29 is 41.3 Å². The molecule has 14 heteroatoms. The molecule has 3 atom stereocenters. The number of aryl methyl sites for hydroxylation is 1. The van der Waals surface area contributed by atoms with E-state index in [4.69, 9.17) is 9.47 Å². The zero-order chi connectivity index (χ0) is 30.7. The third-order valence-electron chi connectivity index (χ3n) is 6.66. The third kappa shape index (κ3) is 7.04. The largest absolute Gasteiger partial charge is 0.392 e. The summed E-state index contributed by atoms with van der Waals surface area (Å²) in [5.74, 6) is -12.0. The first kappa shape index (κ1) is 31.0. The van der Waals surface area contributed by atoms with E-state index in [1.165, 1.54) is 23.1 Å². The first-order valence-electron chi connectivity index (χ1n) is 13.0. The average Bonchev–Trinajstić information content (AvgIpc) is 3.46. The summed E-state index contributed by atoms with van der Waals surface area (Å²) in [7, 11) is 0. The molecule has 0 radical (unpaired) electrons. The highest BCUT2D eigenvalue weighted by molar-refractivity contribution is 8.01. The third-order valence-corrected chi connectivity index (χ3v) is 8.76. The van der Waals surface area contributed by atoms with Crippen molar-refractivity contribution >= 4 is 29.0 Å². The van der Waals surface area contributed by atoms with Crippen molar-refractivity contribution in [1.82, 2.24) is 15.5 Å². The fourth-order valence-electron chi connectivity index (χ4n) is 4.39. The number of rotatable bonds is 9. The molecule has 0 saturated carbocycles. The minimum absolute atomic E-state index is 0.0770. The van der Waals surface area contributed by atoms with Gasteiger partial charge in [0.2, 0.25) is 5.82 Å². The summed E-state index contributed by atoms with van der Waals surface area (Å²) in [6.45, 7) is 1.56. The first-order valence-corrected chi connectivity index (χ1v) is 14.8. The Labute approximate surface area is 251 Å². The topological polar surface area (TPSA) is 93.6 Å². The lowest BCUT2D eigenvalue weighted by Gasteiger charge is -2.36. The van der Waals surface area contributed by atoms with E-state index >= 15 is 0 Å². The van der Waals surface area contributed by atoms with Crippen molar-refractivity contribution in [2.75, 3.05) is 5.75 Å². The van der Waals surface area contributed by atoms with Crippen LogP contribution in [0.15, 0.2) is 52.9 Å². The second-order valence-corrected chi connectivity index (χ2v) is 12.1. The maximum absolute atomic E-state index is 14.0. The van der Waals surface area contributed by atoms with Crippen molar-refractivity contribution in [2.24, 2.45) is 0 Å². The molecule has 5 rings (SSSR count). The summed E-state index contributed by atoms with van der Waals surface area (Å²) in [4.78, 5) is 12.3. The Kier molecular flexibility index (Phi) is 9.72. The summed E-state index contributed by atoms with van der Waals surface area (Å²) >= 11 is 3.02. The number of thioether (sulfide) groups is 1. The minimum Gasteiger partial charge on any atom is -0.392 e. The molecular weight excluding hydrogens is 613 g/mol. The Balaban J connectivity index is 1.28. The molecule has 226 valence electrons. The number of halogens is 5. The first-order chi connectivity index (χ1) is 20.6. The molecule has 4 aromatic rings. The van der Waals surface area contributed by atoms with E-state index in [9.17, 15) is 31.9 Å². The van der Waals surface area contributed by atoms with Crippen molar-refractivity contribution in [3.63, 3.8) is 0 Å². The van der Waals surface area contributed by atoms with E-state index in [-0.39, 0.29) is 25.4 Å². The molecule has 3 aromatic carbocycles. The van der Waals surface area contributed by atoms with Crippen LogP contribution >= 0.6 is 23.1 Å². The van der Waals surface area contributed by atoms with Gasteiger partial charge in [-0.3, -0.25) is 4.79 Å². The summed E-state index contributed by atoms with van der Waals surface area (Å²) < 4.78 is 81.7. The lowest BCUT2D eigenvalue weighted by molar-refractivity contribution is -0.245. The summed E-state index contributed by atoms with van der Waals surface area (Å²) in [6, 6.07) is 14.1. The lowest BCUT2D eigenvalue weighted by atomic mass is 10.0. The number of benzene rings is 3. The number of carbonyl (C=O) groups is 1. The molecule has 1 amide bonds. The SMILES string of the molecule is Cc1nnc(SC[C@@H]2C[C@H](c3ccc(CO)cc3)O[C@H](c3ccc(CNC(=O)c4c(F)c(F)c(F)c(F)c4F)cc3)O2)s1. The normalized spacial score (nSPS) is 18.5. The van der Waals surface area contributed by atoms with Gasteiger partial charge in [0.1, 0.15) is 10.6 Å². The van der Waals surface area contributed by atoms with Crippen LogP contribution in [0.2, 0.25) is 0 Å². The smallest absolute Gasteiger partial charge is 0.257 e. The molecule has 1 aromatic heterocycles. The lowest BCUT2D eigenvalue weighted by Crippen LogP contribution is -2.31. The van der Waals surface area contributed by atoms with Crippen LogP contribution in [0.25, 0.3) is 0 Å². The van der Waals surface area contributed by atoms with E-state index in [0.29, 0.717) is 23.3 Å². The molecule has 1 aliphatic rings. The molecule has 1 aliphatic heterocycles. The van der Waals surface area contributed by atoms with Gasteiger partial charge in [0, 0.05) is 24.3 Å². The van der Waals surface area contributed by atoms with Crippen molar-refractivity contribution in [3.8, 4) is 0 Å². The van der Waals surface area contributed by atoms with Gasteiger partial charge in [-0.25, -0.2) is 22.0 Å². The number of aliphatic hydroxyl groups is 1. The van der Waals surface area contributed by atoms with Crippen LogP contribution < -0.4 is 5.32 Å². The van der Waals surface area contributed by atoms with Gasteiger partial charge in [-0.05, 0) is 23.6 Å². The Hall–Kier alpha value is -3.43. The minimum atomic E-state index is -2.34. The van der Waals surface area contributed by atoms with E-state index in [0.717, 1.165) is 20.5 Å². The van der Waals surface area contributed by atoms with Crippen LogP contribution in [0.1, 0.15) is 56.4 Å². The zero-order valence-electron chi connectivity index (χ0n) is 22.5. The molecule has 2 N–H and O–H groups in total. The van der Waals surface area contributed by atoms with Crippen molar-refractivity contribution in [1.29, 1.82) is 0 Å². The van der Waals surface area contributed by atoms with Crippen LogP contribution in [-0.4, -0.2) is 33.1 Å². The van der Waals surface area contributed by atoms with Crippen molar-refractivity contribution in [2.45, 2.75) is 49.3 Å². The van der Waals surface area contributed by atoms with Crippen LogP contribution in [0.4, 0.5) is 22.0 Å². The van der Waals surface area contributed by atoms with Gasteiger partial charge in [-0.2, -0.15) is 0 Å². The van der Waals surface area contributed by atoms with E-state index in [1.54, 1.807) is 24.3 Å². The fourth-order valence-corrected chi connectivity index (χ4v) is 6.25. The average molecular weight is 638 g/mol. The number of hydrogen-bond acceptors (Lipinski definition) is 8. The summed E-state index contributed by atoms with van der Waals surface area (Å²) in [5, 5.41) is 20.6. The molecule has 0 spiro atoms. The highest BCUT2D eigenvalue weighted by atomic mass is 32.2. The van der Waals surface area contributed by atoms with Gasteiger partial charge < -0.3 is 19.9 Å². The van der Waals surface area contributed by atoms with Crippen LogP contribution in [0.3, 0.4) is 0 Å². The fraction of sp³-hybridized carbons (Fsp3) is 0.276. The molecule has 1 fully saturated rings. The molecular formula is C29H24F5N3O4S2. The standard InChI is InChI=1S/C29H24F5N3O4S2/c1-14-36-37-29(43-14)42-13-19-10-20(17-6-4-16(12-38)5-7-17)41-28(40-19)18-8-2-15(3-9-18)11-35-27(39)21-22(30)24(32)26(34)25(33)23(21)31/h2-9,19-20,28,38H,10-13H2,1H3,(H,35,39)/t19-,20+,28+/m0/s1. The van der Waals surface area contributed by atoms with Gasteiger partial charge in [-0.15, -0.1) is 10.2 Å².